The van der Waals surface area contributed by atoms with Gasteiger partial charge < -0.3 is 16.4 Å². The predicted molar refractivity (Wildman–Crippen MR) is 117 cm³/mol. The van der Waals surface area contributed by atoms with Crippen LogP contribution in [0.15, 0.2) is 59.8 Å². The number of sulfone groups is 1. The molecule has 1 aromatic carbocycles. The first-order valence-electron chi connectivity index (χ1n) is 9.95. The van der Waals surface area contributed by atoms with Crippen molar-refractivity contribution < 1.29 is 22.0 Å². The highest BCUT2D eigenvalue weighted by Gasteiger charge is 2.58. The molecule has 0 radical (unpaired) electrons. The summed E-state index contributed by atoms with van der Waals surface area (Å²) < 4.78 is 49.7. The van der Waals surface area contributed by atoms with E-state index in [-0.39, 0.29) is 16.7 Å². The molecule has 3 aromatic rings. The smallest absolute Gasteiger partial charge is 0.319 e. The van der Waals surface area contributed by atoms with Crippen molar-refractivity contribution in [2.75, 3.05) is 17.6 Å². The predicted octanol–water partition coefficient (Wildman–Crippen LogP) is 2.97. The summed E-state index contributed by atoms with van der Waals surface area (Å²) in [7, 11) is -3.79. The van der Waals surface area contributed by atoms with Gasteiger partial charge in [-0.15, -0.1) is 0 Å². The molecule has 2 aromatic heterocycles. The van der Waals surface area contributed by atoms with Crippen LogP contribution in [0.3, 0.4) is 0 Å². The number of anilines is 2. The maximum absolute atomic E-state index is 13.3. The van der Waals surface area contributed by atoms with Crippen molar-refractivity contribution in [3.8, 4) is 11.4 Å². The molecule has 4 N–H and O–H groups in total. The minimum Gasteiger partial charge on any atom is -0.384 e. The number of hydrogen-bond donors (Lipinski definition) is 3. The number of pyridine rings is 1. The molecule has 2 amide bonds. The highest BCUT2D eigenvalue weighted by Crippen LogP contribution is 2.54. The Kier molecular flexibility index (Phi) is 5.93. The molecule has 0 saturated heterocycles. The normalized spacial score (nSPS) is 14.6. The van der Waals surface area contributed by atoms with Gasteiger partial charge in [0.2, 0.25) is 9.84 Å². The van der Waals surface area contributed by atoms with Gasteiger partial charge in [-0.25, -0.2) is 36.9 Å². The fraction of sp³-hybridized carbons (Fsp3) is 0.238. The van der Waals surface area contributed by atoms with Crippen molar-refractivity contribution in [1.29, 1.82) is 0 Å². The van der Waals surface area contributed by atoms with Gasteiger partial charge in [-0.2, -0.15) is 0 Å². The van der Waals surface area contributed by atoms with Crippen molar-refractivity contribution in [1.82, 2.24) is 20.3 Å². The lowest BCUT2D eigenvalue weighted by molar-refractivity contribution is 0.148. The van der Waals surface area contributed by atoms with Crippen LogP contribution in [0.25, 0.3) is 11.4 Å². The number of nitrogens with zero attached hydrogens (tertiary/aromatic N) is 3. The highest BCUT2D eigenvalue weighted by molar-refractivity contribution is 7.92. The Bertz CT molecular complexity index is 1270. The number of aromatic nitrogens is 3. The Labute approximate surface area is 188 Å². The van der Waals surface area contributed by atoms with Gasteiger partial charge in [0.25, 0.3) is 6.43 Å². The molecule has 0 atom stereocenters. The van der Waals surface area contributed by atoms with Crippen molar-refractivity contribution in [3.05, 3.63) is 60.4 Å². The molecule has 4 rings (SSSR count). The van der Waals surface area contributed by atoms with E-state index in [0.29, 0.717) is 29.8 Å². The second-order valence-electron chi connectivity index (χ2n) is 7.47. The van der Waals surface area contributed by atoms with E-state index in [9.17, 15) is 22.0 Å². The summed E-state index contributed by atoms with van der Waals surface area (Å²) in [5, 5.41) is 4.45. The fourth-order valence-corrected chi connectivity index (χ4v) is 5.24. The lowest BCUT2D eigenvalue weighted by atomic mass is 10.1. The van der Waals surface area contributed by atoms with Gasteiger partial charge in [-0.05, 0) is 49.2 Å². The molecule has 12 heteroatoms. The average molecular weight is 474 g/mol. The van der Waals surface area contributed by atoms with Crippen molar-refractivity contribution in [2.24, 2.45) is 0 Å². The number of amides is 2. The average Bonchev–Trinajstić information content (AvgIpc) is 3.61. The summed E-state index contributed by atoms with van der Waals surface area (Å²) >= 11 is 0. The number of urea groups is 1. The number of hydrogen-bond acceptors (Lipinski definition) is 7. The summed E-state index contributed by atoms with van der Waals surface area (Å²) in [5.74, 6) is 0.340. The SMILES string of the molecule is Nc1cc(C2(S(=O)(=O)c3ccccn3)CC2)nc(-c2ccc(NC(=O)NCC(F)F)cc2)n1. The molecule has 0 spiro atoms. The lowest BCUT2D eigenvalue weighted by Gasteiger charge is -2.16. The monoisotopic (exact) mass is 474 g/mol. The number of nitrogens with two attached hydrogens (primary N) is 1. The number of rotatable bonds is 7. The summed E-state index contributed by atoms with van der Waals surface area (Å²) in [6.07, 6.45) is -0.452. The molecule has 1 saturated carbocycles. The number of alkyl halides is 2. The van der Waals surface area contributed by atoms with Gasteiger partial charge in [-0.1, -0.05) is 6.07 Å². The molecule has 33 heavy (non-hydrogen) atoms. The molecule has 0 bridgehead atoms. The second-order valence-corrected chi connectivity index (χ2v) is 9.68. The first kappa shape index (κ1) is 22.5. The van der Waals surface area contributed by atoms with Gasteiger partial charge in [-0.3, -0.25) is 0 Å². The molecule has 0 aliphatic heterocycles. The zero-order chi connectivity index (χ0) is 23.6. The summed E-state index contributed by atoms with van der Waals surface area (Å²) in [6.45, 7) is -0.757. The largest absolute Gasteiger partial charge is 0.384 e. The fourth-order valence-electron chi connectivity index (χ4n) is 3.36. The Balaban J connectivity index is 1.59. The van der Waals surface area contributed by atoms with Crippen LogP contribution in [0, 0.1) is 0 Å². The molecule has 1 fully saturated rings. The quantitative estimate of drug-likeness (QED) is 0.478. The number of carbonyl (C=O) groups is 1. The molecule has 172 valence electrons. The Morgan fingerprint density at radius 3 is 2.45 bits per heavy atom. The lowest BCUT2D eigenvalue weighted by Crippen LogP contribution is -2.32. The maximum atomic E-state index is 13.3. The van der Waals surface area contributed by atoms with E-state index in [4.69, 9.17) is 5.73 Å². The summed E-state index contributed by atoms with van der Waals surface area (Å²) in [6, 6.07) is 11.7. The Hall–Kier alpha value is -3.67. The van der Waals surface area contributed by atoms with Gasteiger partial charge in [0, 0.05) is 23.5 Å². The van der Waals surface area contributed by atoms with Crippen LogP contribution in [0.5, 0.6) is 0 Å². The van der Waals surface area contributed by atoms with Gasteiger partial charge in [0.15, 0.2) is 10.9 Å². The number of halogens is 2. The van der Waals surface area contributed by atoms with E-state index >= 15 is 0 Å². The third kappa shape index (κ3) is 4.60. The van der Waals surface area contributed by atoms with Crippen LogP contribution >= 0.6 is 0 Å². The minimum atomic E-state index is -3.79. The summed E-state index contributed by atoms with van der Waals surface area (Å²) in [4.78, 5) is 24.3. The van der Waals surface area contributed by atoms with Gasteiger partial charge in [0.1, 0.15) is 10.6 Å². The highest BCUT2D eigenvalue weighted by atomic mass is 32.2. The molecule has 1 aliphatic rings. The van der Waals surface area contributed by atoms with Crippen LogP contribution in [0.1, 0.15) is 18.5 Å². The number of nitrogen functional groups attached to an aromatic ring is 1. The minimum absolute atomic E-state index is 0.0261. The molecular weight excluding hydrogens is 454 g/mol. The van der Waals surface area contributed by atoms with Gasteiger partial charge >= 0.3 is 6.03 Å². The van der Waals surface area contributed by atoms with Crippen molar-refractivity contribution in [3.63, 3.8) is 0 Å². The Morgan fingerprint density at radius 2 is 1.85 bits per heavy atom. The van der Waals surface area contributed by atoms with Gasteiger partial charge in [0.05, 0.1) is 12.2 Å². The second kappa shape index (κ2) is 8.70. The molecular formula is C21H20F2N6O3S. The van der Waals surface area contributed by atoms with E-state index in [0.717, 1.165) is 0 Å². The maximum Gasteiger partial charge on any atom is 0.319 e. The van der Waals surface area contributed by atoms with Crippen LogP contribution in [0.4, 0.5) is 25.1 Å². The molecule has 2 heterocycles. The van der Waals surface area contributed by atoms with E-state index in [2.05, 4.69) is 20.3 Å². The topological polar surface area (TPSA) is 140 Å². The van der Waals surface area contributed by atoms with E-state index in [1.807, 2.05) is 5.32 Å². The molecule has 9 nitrogen and oxygen atoms in total. The van der Waals surface area contributed by atoms with E-state index < -0.39 is 33.6 Å². The summed E-state index contributed by atoms with van der Waals surface area (Å²) in [5.41, 5.74) is 7.17. The number of nitrogens with one attached hydrogen (secondary N) is 2. The first-order chi connectivity index (χ1) is 15.7. The van der Waals surface area contributed by atoms with Crippen molar-refractivity contribution >= 4 is 27.4 Å². The third-order valence-corrected chi connectivity index (χ3v) is 7.60. The van der Waals surface area contributed by atoms with Crippen LogP contribution < -0.4 is 16.4 Å². The van der Waals surface area contributed by atoms with Crippen LogP contribution in [-0.4, -0.2) is 42.4 Å². The molecule has 0 unspecified atom stereocenters. The van der Waals surface area contributed by atoms with Crippen molar-refractivity contribution in [2.45, 2.75) is 29.0 Å². The first-order valence-corrected chi connectivity index (χ1v) is 11.4. The standard InChI is InChI=1S/C21H20F2N6O3S/c22-16(23)12-26-20(30)27-14-6-4-13(5-7-14)19-28-15(11-17(24)29-19)21(8-9-21)33(31,32)18-3-1-2-10-25-18/h1-7,10-11,16H,8-9,12H2,(H2,24,28,29)(H2,26,27,30). The number of carbonyl (C=O) groups excluding carboxylic acids is 1. The number of benzene rings is 1. The Morgan fingerprint density at radius 1 is 1.12 bits per heavy atom. The zero-order valence-corrected chi connectivity index (χ0v) is 18.0. The zero-order valence-electron chi connectivity index (χ0n) is 17.2. The van der Waals surface area contributed by atoms with Crippen LogP contribution in [0.2, 0.25) is 0 Å². The van der Waals surface area contributed by atoms with Crippen LogP contribution in [-0.2, 0) is 14.6 Å². The van der Waals surface area contributed by atoms with E-state index in [1.165, 1.54) is 18.3 Å². The van der Waals surface area contributed by atoms with E-state index in [1.54, 1.807) is 36.4 Å². The molecule has 1 aliphatic carbocycles. The third-order valence-electron chi connectivity index (χ3n) is 5.16.